The zero-order chi connectivity index (χ0) is 27.2. The fourth-order valence-corrected chi connectivity index (χ4v) is 5.94. The number of para-hydroxylation sites is 2. The van der Waals surface area contributed by atoms with Crippen molar-refractivity contribution in [3.05, 3.63) is 144 Å². The second-order valence-electron chi connectivity index (χ2n) is 8.98. The third-order valence-electron chi connectivity index (χ3n) is 6.43. The lowest BCUT2D eigenvalue weighted by Gasteiger charge is -2.26. The molecular weight excluding hydrogens is 508 g/mol. The van der Waals surface area contributed by atoms with Gasteiger partial charge in [-0.1, -0.05) is 78.9 Å². The molecule has 7 nitrogen and oxygen atoms in total. The lowest BCUT2D eigenvalue weighted by atomic mass is 10.1. The highest BCUT2D eigenvalue weighted by Crippen LogP contribution is 2.29. The second-order valence-corrected chi connectivity index (χ2v) is 10.8. The molecule has 5 aromatic rings. The molecule has 1 aromatic heterocycles. The van der Waals surface area contributed by atoms with Crippen LogP contribution in [0.5, 0.6) is 0 Å². The number of nitrogens with one attached hydrogen (secondary N) is 1. The van der Waals surface area contributed by atoms with Gasteiger partial charge in [-0.3, -0.25) is 9.10 Å². The Labute approximate surface area is 228 Å². The highest BCUT2D eigenvalue weighted by molar-refractivity contribution is 7.92. The predicted molar refractivity (Wildman–Crippen MR) is 152 cm³/mol. The van der Waals surface area contributed by atoms with Crippen molar-refractivity contribution in [1.82, 2.24) is 14.9 Å². The zero-order valence-corrected chi connectivity index (χ0v) is 22.3. The Hall–Kier alpha value is -4.69. The topological polar surface area (TPSA) is 84.3 Å². The minimum absolute atomic E-state index is 0.0745. The van der Waals surface area contributed by atoms with E-state index in [1.807, 2.05) is 72.3 Å². The van der Waals surface area contributed by atoms with Crippen LogP contribution in [-0.2, 0) is 23.1 Å². The van der Waals surface area contributed by atoms with E-state index in [-0.39, 0.29) is 29.5 Å². The van der Waals surface area contributed by atoms with Crippen molar-refractivity contribution in [3.63, 3.8) is 0 Å². The molecule has 0 saturated carbocycles. The number of carbonyl (C=O) groups is 1. The van der Waals surface area contributed by atoms with Crippen molar-refractivity contribution in [2.24, 2.45) is 0 Å². The number of imidazole rings is 1. The Morgan fingerprint density at radius 3 is 2.21 bits per heavy atom. The lowest BCUT2D eigenvalue weighted by Crippen LogP contribution is -2.33. The van der Waals surface area contributed by atoms with Gasteiger partial charge in [0.15, 0.2) is 0 Å². The molecule has 0 aliphatic heterocycles. The maximum Gasteiger partial charge on any atom is 0.264 e. The number of sulfonamides is 1. The molecule has 0 aliphatic rings. The van der Waals surface area contributed by atoms with Crippen molar-refractivity contribution in [3.8, 4) is 5.69 Å². The quantitative estimate of drug-likeness (QED) is 0.269. The van der Waals surface area contributed by atoms with Crippen LogP contribution in [0.2, 0.25) is 0 Å². The zero-order valence-electron chi connectivity index (χ0n) is 21.4. The number of amides is 1. The molecule has 0 saturated heterocycles. The van der Waals surface area contributed by atoms with E-state index in [1.54, 1.807) is 60.8 Å². The molecule has 0 aliphatic carbocycles. The first-order valence-corrected chi connectivity index (χ1v) is 14.0. The first-order valence-electron chi connectivity index (χ1n) is 12.5. The van der Waals surface area contributed by atoms with E-state index in [1.165, 1.54) is 4.31 Å². The Bertz CT molecular complexity index is 1680. The number of carbonyl (C=O) groups excluding carboxylic acids is 1. The normalized spacial score (nSPS) is 11.2. The molecule has 0 bridgehead atoms. The lowest BCUT2D eigenvalue weighted by molar-refractivity contribution is 0.0951. The highest BCUT2D eigenvalue weighted by Gasteiger charge is 2.28. The first kappa shape index (κ1) is 25.9. The van der Waals surface area contributed by atoms with Crippen LogP contribution in [0.15, 0.2) is 126 Å². The van der Waals surface area contributed by atoms with E-state index < -0.39 is 10.0 Å². The molecule has 1 heterocycles. The van der Waals surface area contributed by atoms with Gasteiger partial charge in [0.05, 0.1) is 28.4 Å². The maximum absolute atomic E-state index is 13.9. The van der Waals surface area contributed by atoms with Gasteiger partial charge in [0.1, 0.15) is 5.82 Å². The molecule has 0 atom stereocenters. The number of benzene rings is 4. The van der Waals surface area contributed by atoms with Gasteiger partial charge in [-0.15, -0.1) is 0 Å². The molecule has 1 N–H and O–H groups in total. The average Bonchev–Trinajstić information content (AvgIpc) is 3.41. The molecule has 5 rings (SSSR count). The fourth-order valence-electron chi connectivity index (χ4n) is 4.45. The summed E-state index contributed by atoms with van der Waals surface area (Å²) >= 11 is 0. The number of aromatic nitrogens is 2. The minimum atomic E-state index is -3.97. The van der Waals surface area contributed by atoms with Crippen LogP contribution in [0.25, 0.3) is 5.69 Å². The molecule has 8 heteroatoms. The predicted octanol–water partition coefficient (Wildman–Crippen LogP) is 5.51. The second kappa shape index (κ2) is 11.4. The van der Waals surface area contributed by atoms with E-state index in [2.05, 4.69) is 10.3 Å². The summed E-state index contributed by atoms with van der Waals surface area (Å²) < 4.78 is 31.0. The largest absolute Gasteiger partial charge is 0.348 e. The van der Waals surface area contributed by atoms with Gasteiger partial charge < -0.3 is 9.88 Å². The number of aryl methyl sites for hydroxylation is 1. The van der Waals surface area contributed by atoms with Gasteiger partial charge in [-0.25, -0.2) is 13.4 Å². The van der Waals surface area contributed by atoms with Crippen LogP contribution in [0.4, 0.5) is 5.69 Å². The SMILES string of the molecule is Cc1nccn1-c1ccccc1CNC(=O)c1ccccc1N(Cc1ccccc1)S(=O)(=O)c1ccccc1. The van der Waals surface area contributed by atoms with Crippen LogP contribution >= 0.6 is 0 Å². The van der Waals surface area contributed by atoms with Crippen molar-refractivity contribution in [1.29, 1.82) is 0 Å². The smallest absolute Gasteiger partial charge is 0.264 e. The molecule has 196 valence electrons. The van der Waals surface area contributed by atoms with Crippen molar-refractivity contribution in [2.75, 3.05) is 4.31 Å². The van der Waals surface area contributed by atoms with E-state index in [9.17, 15) is 13.2 Å². The summed E-state index contributed by atoms with van der Waals surface area (Å²) in [5.41, 5.74) is 3.20. The molecule has 39 heavy (non-hydrogen) atoms. The van der Waals surface area contributed by atoms with Crippen LogP contribution in [0.3, 0.4) is 0 Å². The van der Waals surface area contributed by atoms with Crippen LogP contribution < -0.4 is 9.62 Å². The Balaban J connectivity index is 1.49. The Kier molecular flexibility index (Phi) is 7.56. The summed E-state index contributed by atoms with van der Waals surface area (Å²) in [6.07, 6.45) is 3.61. The molecule has 0 fully saturated rings. The minimum Gasteiger partial charge on any atom is -0.348 e. The third kappa shape index (κ3) is 5.61. The Morgan fingerprint density at radius 1 is 0.846 bits per heavy atom. The van der Waals surface area contributed by atoms with Crippen molar-refractivity contribution >= 4 is 21.6 Å². The molecule has 0 unspecified atom stereocenters. The number of hydrogen-bond acceptors (Lipinski definition) is 4. The number of hydrogen-bond donors (Lipinski definition) is 1. The Morgan fingerprint density at radius 2 is 1.49 bits per heavy atom. The van der Waals surface area contributed by atoms with E-state index in [0.717, 1.165) is 22.6 Å². The highest BCUT2D eigenvalue weighted by atomic mass is 32.2. The van der Waals surface area contributed by atoms with Gasteiger partial charge >= 0.3 is 0 Å². The van der Waals surface area contributed by atoms with Crippen molar-refractivity contribution < 1.29 is 13.2 Å². The van der Waals surface area contributed by atoms with Crippen LogP contribution in [0, 0.1) is 6.92 Å². The van der Waals surface area contributed by atoms with Crippen LogP contribution in [0.1, 0.15) is 27.3 Å². The molecule has 0 radical (unpaired) electrons. The number of rotatable bonds is 9. The molecular formula is C31H28N4O3S. The summed E-state index contributed by atoms with van der Waals surface area (Å²) in [4.78, 5) is 18.0. The standard InChI is InChI=1S/C31H28N4O3S/c1-24-32-20-21-34(24)29-18-10-8-14-26(29)22-33-31(36)28-17-9-11-19-30(28)35(23-25-12-4-2-5-13-25)39(37,38)27-15-6-3-7-16-27/h2-21H,22-23H2,1H3,(H,33,36). The van der Waals surface area contributed by atoms with Gasteiger partial charge in [-0.05, 0) is 48.4 Å². The molecule has 1 amide bonds. The number of anilines is 1. The summed E-state index contributed by atoms with van der Waals surface area (Å²) in [7, 11) is -3.97. The summed E-state index contributed by atoms with van der Waals surface area (Å²) in [5, 5.41) is 2.99. The fraction of sp³-hybridized carbons (Fsp3) is 0.0968. The summed E-state index contributed by atoms with van der Waals surface area (Å²) in [5.74, 6) is 0.464. The van der Waals surface area contributed by atoms with Gasteiger partial charge in [0.25, 0.3) is 15.9 Å². The average molecular weight is 537 g/mol. The van der Waals surface area contributed by atoms with Gasteiger partial charge in [0.2, 0.25) is 0 Å². The third-order valence-corrected chi connectivity index (χ3v) is 8.21. The molecule has 0 spiro atoms. The van der Waals surface area contributed by atoms with Crippen molar-refractivity contribution in [2.45, 2.75) is 24.9 Å². The monoisotopic (exact) mass is 536 g/mol. The summed E-state index contributed by atoms with van der Waals surface area (Å²) in [6.45, 7) is 2.25. The van der Waals surface area contributed by atoms with Gasteiger partial charge in [0, 0.05) is 18.9 Å². The van der Waals surface area contributed by atoms with E-state index in [0.29, 0.717) is 5.69 Å². The number of nitrogens with zero attached hydrogens (tertiary/aromatic N) is 3. The molecule has 4 aromatic carbocycles. The van der Waals surface area contributed by atoms with Crippen LogP contribution in [-0.4, -0.2) is 23.9 Å². The maximum atomic E-state index is 13.9. The van der Waals surface area contributed by atoms with E-state index >= 15 is 0 Å². The summed E-state index contributed by atoms with van der Waals surface area (Å²) in [6, 6.07) is 32.2. The van der Waals surface area contributed by atoms with E-state index in [4.69, 9.17) is 0 Å². The van der Waals surface area contributed by atoms with Gasteiger partial charge in [-0.2, -0.15) is 0 Å². The first-order chi connectivity index (χ1) is 18.9.